The number of hydrogen-bond donors (Lipinski definition) is 0. The van der Waals surface area contributed by atoms with E-state index in [2.05, 4.69) is 31.2 Å². The van der Waals surface area contributed by atoms with E-state index in [0.29, 0.717) is 0 Å². The zero-order valence-electron chi connectivity index (χ0n) is 6.84. The number of aryl methyl sites for hydroxylation is 1. The molecule has 0 aliphatic heterocycles. The molecule has 2 aromatic carbocycles. The second-order valence-corrected chi connectivity index (χ2v) is 3.37. The van der Waals surface area contributed by atoms with E-state index >= 15 is 0 Å². The van der Waals surface area contributed by atoms with Crippen molar-refractivity contribution in [2.24, 2.45) is 0 Å². The van der Waals surface area contributed by atoms with Crippen molar-refractivity contribution < 1.29 is 0 Å². The summed E-state index contributed by atoms with van der Waals surface area (Å²) in [4.78, 5) is 0. The van der Waals surface area contributed by atoms with Crippen LogP contribution in [0.25, 0.3) is 10.8 Å². The molecule has 0 amide bonds. The molecule has 0 aromatic heterocycles. The lowest BCUT2D eigenvalue weighted by Crippen LogP contribution is -1.75. The Balaban J connectivity index is 2.88. The summed E-state index contributed by atoms with van der Waals surface area (Å²) in [7, 11) is 0. The van der Waals surface area contributed by atoms with E-state index in [-0.39, 0.29) is 0 Å². The molecule has 0 spiro atoms. The fourth-order valence-electron chi connectivity index (χ4n) is 1.35. The summed E-state index contributed by atoms with van der Waals surface area (Å²) >= 11 is 6.03. The summed E-state index contributed by atoms with van der Waals surface area (Å²) in [6.45, 7) is 2.07. The first-order chi connectivity index (χ1) is 5.77. The van der Waals surface area contributed by atoms with Gasteiger partial charge in [0.05, 0.1) is 0 Å². The minimum atomic E-state index is 0.830. The maximum absolute atomic E-state index is 6.03. The summed E-state index contributed by atoms with van der Waals surface area (Å²) in [5, 5.41) is 3.17. The Kier molecular flexibility index (Phi) is 1.78. The number of hydrogen-bond acceptors (Lipinski definition) is 0. The predicted octanol–water partition coefficient (Wildman–Crippen LogP) is 3.80. The van der Waals surface area contributed by atoms with E-state index in [1.165, 1.54) is 10.9 Å². The first kappa shape index (κ1) is 7.63. The van der Waals surface area contributed by atoms with E-state index < -0.39 is 0 Å². The van der Waals surface area contributed by atoms with Gasteiger partial charge >= 0.3 is 0 Å². The highest BCUT2D eigenvalue weighted by molar-refractivity contribution is 6.35. The second kappa shape index (κ2) is 2.80. The molecule has 0 saturated heterocycles. The number of halogens is 1. The maximum atomic E-state index is 6.03. The zero-order valence-corrected chi connectivity index (χ0v) is 7.60. The summed E-state index contributed by atoms with van der Waals surface area (Å²) < 4.78 is 0. The van der Waals surface area contributed by atoms with Crippen LogP contribution in [0.4, 0.5) is 0 Å². The van der Waals surface area contributed by atoms with Crippen molar-refractivity contribution in [3.05, 3.63) is 47.0 Å². The summed E-state index contributed by atoms with van der Waals surface area (Å²) in [5.41, 5.74) is 1.25. The monoisotopic (exact) mass is 176 g/mol. The third-order valence-corrected chi connectivity index (χ3v) is 2.31. The lowest BCUT2D eigenvalue weighted by Gasteiger charge is -2.00. The Morgan fingerprint density at radius 2 is 1.92 bits per heavy atom. The van der Waals surface area contributed by atoms with Gasteiger partial charge in [0, 0.05) is 10.4 Å². The molecule has 0 N–H and O–H groups in total. The van der Waals surface area contributed by atoms with Crippen molar-refractivity contribution in [2.45, 2.75) is 6.92 Å². The SMILES string of the molecule is Cc1ccc2cccc(Cl)c2c1. The molecule has 1 heteroatoms. The fraction of sp³-hybridized carbons (Fsp3) is 0.0909. The largest absolute Gasteiger partial charge is 0.0837 e. The number of benzene rings is 2. The van der Waals surface area contributed by atoms with Crippen LogP contribution in [0.3, 0.4) is 0 Å². The molecule has 0 saturated carbocycles. The lowest BCUT2D eigenvalue weighted by molar-refractivity contribution is 1.51. The molecule has 0 aliphatic carbocycles. The molecule has 0 bridgehead atoms. The minimum absolute atomic E-state index is 0.830. The molecule has 0 aliphatic rings. The fourth-order valence-corrected chi connectivity index (χ4v) is 1.58. The van der Waals surface area contributed by atoms with Crippen LogP contribution >= 0.6 is 11.6 Å². The van der Waals surface area contributed by atoms with Gasteiger partial charge in [0.15, 0.2) is 0 Å². The first-order valence-electron chi connectivity index (χ1n) is 3.92. The molecule has 0 fully saturated rings. The van der Waals surface area contributed by atoms with Crippen LogP contribution in [0.2, 0.25) is 5.02 Å². The van der Waals surface area contributed by atoms with Gasteiger partial charge < -0.3 is 0 Å². The van der Waals surface area contributed by atoms with Crippen LogP contribution in [0.1, 0.15) is 5.56 Å². The normalized spacial score (nSPS) is 10.5. The highest BCUT2D eigenvalue weighted by atomic mass is 35.5. The summed E-state index contributed by atoms with van der Waals surface area (Å²) in [6, 6.07) is 12.3. The van der Waals surface area contributed by atoms with E-state index in [1.807, 2.05) is 12.1 Å². The van der Waals surface area contributed by atoms with Crippen molar-refractivity contribution in [1.82, 2.24) is 0 Å². The van der Waals surface area contributed by atoms with Crippen molar-refractivity contribution in [2.75, 3.05) is 0 Å². The molecule has 0 nitrogen and oxygen atoms in total. The predicted molar refractivity (Wildman–Crippen MR) is 53.7 cm³/mol. The van der Waals surface area contributed by atoms with Crippen molar-refractivity contribution in [1.29, 1.82) is 0 Å². The van der Waals surface area contributed by atoms with Gasteiger partial charge in [-0.25, -0.2) is 0 Å². The second-order valence-electron chi connectivity index (χ2n) is 2.96. The summed E-state index contributed by atoms with van der Waals surface area (Å²) in [5.74, 6) is 0. The molecule has 0 atom stereocenters. The molecule has 60 valence electrons. The molecule has 0 heterocycles. The van der Waals surface area contributed by atoms with Crippen LogP contribution in [0, 0.1) is 6.92 Å². The average molecular weight is 177 g/mol. The van der Waals surface area contributed by atoms with Crippen LogP contribution in [-0.2, 0) is 0 Å². The Bertz CT molecular complexity index is 418. The van der Waals surface area contributed by atoms with Crippen molar-refractivity contribution in [3.63, 3.8) is 0 Å². The molecule has 12 heavy (non-hydrogen) atoms. The summed E-state index contributed by atoms with van der Waals surface area (Å²) in [6.07, 6.45) is 0. The van der Waals surface area contributed by atoms with Gasteiger partial charge in [-0.2, -0.15) is 0 Å². The molecule has 0 radical (unpaired) electrons. The minimum Gasteiger partial charge on any atom is -0.0837 e. The van der Waals surface area contributed by atoms with Crippen molar-refractivity contribution in [3.8, 4) is 0 Å². The molecular formula is C11H9Cl. The van der Waals surface area contributed by atoms with E-state index in [0.717, 1.165) is 10.4 Å². The van der Waals surface area contributed by atoms with Gasteiger partial charge in [-0.15, -0.1) is 0 Å². The third kappa shape index (κ3) is 1.19. The van der Waals surface area contributed by atoms with Gasteiger partial charge in [-0.05, 0) is 24.4 Å². The van der Waals surface area contributed by atoms with Gasteiger partial charge in [0.1, 0.15) is 0 Å². The highest BCUT2D eigenvalue weighted by Gasteiger charge is 1.96. The van der Waals surface area contributed by atoms with Crippen molar-refractivity contribution >= 4 is 22.4 Å². The number of rotatable bonds is 0. The quantitative estimate of drug-likeness (QED) is 0.573. The topological polar surface area (TPSA) is 0 Å². The third-order valence-electron chi connectivity index (χ3n) is 1.98. The number of fused-ring (bicyclic) bond motifs is 1. The van der Waals surface area contributed by atoms with Gasteiger partial charge in [-0.1, -0.05) is 41.4 Å². The average Bonchev–Trinajstić information content (AvgIpc) is 2.07. The zero-order chi connectivity index (χ0) is 8.55. The molecular weight excluding hydrogens is 168 g/mol. The van der Waals surface area contributed by atoms with Gasteiger partial charge in [0.25, 0.3) is 0 Å². The molecule has 2 rings (SSSR count). The maximum Gasteiger partial charge on any atom is 0.0484 e. The van der Waals surface area contributed by atoms with Gasteiger partial charge in [-0.3, -0.25) is 0 Å². The Hall–Kier alpha value is -1.01. The Morgan fingerprint density at radius 1 is 1.08 bits per heavy atom. The van der Waals surface area contributed by atoms with E-state index in [4.69, 9.17) is 11.6 Å². The van der Waals surface area contributed by atoms with E-state index in [9.17, 15) is 0 Å². The smallest absolute Gasteiger partial charge is 0.0484 e. The Morgan fingerprint density at radius 3 is 2.75 bits per heavy atom. The Labute approximate surface area is 76.8 Å². The first-order valence-corrected chi connectivity index (χ1v) is 4.30. The van der Waals surface area contributed by atoms with Crippen LogP contribution in [-0.4, -0.2) is 0 Å². The van der Waals surface area contributed by atoms with Crippen LogP contribution in [0.15, 0.2) is 36.4 Å². The van der Waals surface area contributed by atoms with Gasteiger partial charge in [0.2, 0.25) is 0 Å². The molecule has 2 aromatic rings. The molecule has 0 unspecified atom stereocenters. The van der Waals surface area contributed by atoms with Crippen LogP contribution < -0.4 is 0 Å². The highest BCUT2D eigenvalue weighted by Crippen LogP contribution is 2.23. The lowest BCUT2D eigenvalue weighted by atomic mass is 10.1. The van der Waals surface area contributed by atoms with E-state index in [1.54, 1.807) is 0 Å². The standard InChI is InChI=1S/C11H9Cl/c1-8-5-6-9-3-2-4-11(12)10(9)7-8/h2-7H,1H3. The van der Waals surface area contributed by atoms with Crippen LogP contribution in [0.5, 0.6) is 0 Å².